The van der Waals surface area contributed by atoms with E-state index in [4.69, 9.17) is 26.0 Å². The molecule has 0 aliphatic heterocycles. The summed E-state index contributed by atoms with van der Waals surface area (Å²) in [6.07, 6.45) is 0. The second kappa shape index (κ2) is 6.27. The van der Waals surface area contributed by atoms with Crippen LogP contribution < -0.4 is 10.1 Å². The fourth-order valence-electron chi connectivity index (χ4n) is 1.49. The van der Waals surface area contributed by atoms with Crippen molar-refractivity contribution in [1.29, 1.82) is 0 Å². The Morgan fingerprint density at radius 1 is 1.43 bits per heavy atom. The number of benzene rings is 1. The molecule has 1 heterocycles. The highest BCUT2D eigenvalue weighted by molar-refractivity contribution is 6.33. The van der Waals surface area contributed by atoms with E-state index in [1.54, 1.807) is 6.92 Å². The van der Waals surface area contributed by atoms with Gasteiger partial charge in [-0.3, -0.25) is 4.79 Å². The average molecular weight is 311 g/mol. The number of aromatic nitrogens is 1. The van der Waals surface area contributed by atoms with Crippen molar-refractivity contribution >= 4 is 29.2 Å². The Labute approximate surface area is 124 Å². The highest BCUT2D eigenvalue weighted by Gasteiger charge is 2.11. The van der Waals surface area contributed by atoms with Gasteiger partial charge in [0.15, 0.2) is 6.61 Å². The van der Waals surface area contributed by atoms with Crippen LogP contribution in [0.3, 0.4) is 0 Å². The highest BCUT2D eigenvalue weighted by Crippen LogP contribution is 2.23. The van der Waals surface area contributed by atoms with Crippen LogP contribution in [0.5, 0.6) is 5.88 Å². The van der Waals surface area contributed by atoms with Gasteiger partial charge in [0.1, 0.15) is 5.76 Å². The van der Waals surface area contributed by atoms with E-state index in [1.165, 1.54) is 24.3 Å². The molecule has 2 N–H and O–H groups in total. The lowest BCUT2D eigenvalue weighted by atomic mass is 10.2. The molecule has 8 heteroatoms. The van der Waals surface area contributed by atoms with Gasteiger partial charge >= 0.3 is 5.97 Å². The van der Waals surface area contributed by atoms with E-state index < -0.39 is 11.9 Å². The van der Waals surface area contributed by atoms with E-state index >= 15 is 0 Å². The van der Waals surface area contributed by atoms with E-state index in [2.05, 4.69) is 10.5 Å². The number of ether oxygens (including phenoxy) is 1. The van der Waals surface area contributed by atoms with Crippen LogP contribution in [0, 0.1) is 6.92 Å². The zero-order valence-corrected chi connectivity index (χ0v) is 11.7. The first kappa shape index (κ1) is 14.9. The van der Waals surface area contributed by atoms with Crippen molar-refractivity contribution in [3.05, 3.63) is 40.6 Å². The van der Waals surface area contributed by atoms with Crippen LogP contribution in [0.4, 0.5) is 5.69 Å². The number of nitrogens with one attached hydrogen (secondary N) is 1. The topological polar surface area (TPSA) is 102 Å². The third kappa shape index (κ3) is 3.96. The number of carboxylic acid groups (broad SMARTS) is 1. The molecule has 0 radical (unpaired) electrons. The molecule has 2 aromatic rings. The van der Waals surface area contributed by atoms with Crippen molar-refractivity contribution in [1.82, 2.24) is 5.16 Å². The van der Waals surface area contributed by atoms with Crippen LogP contribution in [-0.4, -0.2) is 28.7 Å². The van der Waals surface area contributed by atoms with Crippen molar-refractivity contribution in [3.8, 4) is 5.88 Å². The second-order valence-electron chi connectivity index (χ2n) is 4.11. The van der Waals surface area contributed by atoms with Gasteiger partial charge in [0.25, 0.3) is 11.8 Å². The summed E-state index contributed by atoms with van der Waals surface area (Å²) in [5, 5.41) is 15.2. The summed E-state index contributed by atoms with van der Waals surface area (Å²) in [5.41, 5.74) is 0.212. The van der Waals surface area contributed by atoms with Gasteiger partial charge in [-0.1, -0.05) is 11.6 Å². The third-order valence-electron chi connectivity index (χ3n) is 2.44. The van der Waals surface area contributed by atoms with E-state index in [9.17, 15) is 9.59 Å². The monoisotopic (exact) mass is 310 g/mol. The first-order chi connectivity index (χ1) is 9.95. The molecule has 2 rings (SSSR count). The van der Waals surface area contributed by atoms with Gasteiger partial charge in [0.05, 0.1) is 16.3 Å². The Bertz CT molecular complexity index is 683. The average Bonchev–Trinajstić information content (AvgIpc) is 2.84. The van der Waals surface area contributed by atoms with Crippen molar-refractivity contribution < 1.29 is 24.0 Å². The number of hydrogen-bond donors (Lipinski definition) is 2. The fraction of sp³-hybridized carbons (Fsp3) is 0.154. The maximum Gasteiger partial charge on any atom is 0.335 e. The predicted octanol–water partition coefficient (Wildman–Crippen LogP) is 2.35. The molecule has 1 amide bonds. The molecular weight excluding hydrogens is 300 g/mol. The minimum Gasteiger partial charge on any atom is -0.478 e. The summed E-state index contributed by atoms with van der Waals surface area (Å²) < 4.78 is 9.89. The van der Waals surface area contributed by atoms with Crippen LogP contribution in [0.15, 0.2) is 28.8 Å². The van der Waals surface area contributed by atoms with E-state index in [-0.39, 0.29) is 28.8 Å². The summed E-state index contributed by atoms with van der Waals surface area (Å²) in [7, 11) is 0. The Morgan fingerprint density at radius 2 is 2.19 bits per heavy atom. The summed E-state index contributed by atoms with van der Waals surface area (Å²) >= 11 is 5.89. The molecule has 0 unspecified atom stereocenters. The minimum absolute atomic E-state index is 0.0164. The molecule has 1 aromatic carbocycles. The van der Waals surface area contributed by atoms with Gasteiger partial charge in [-0.15, -0.1) is 0 Å². The molecule has 0 aliphatic carbocycles. The quantitative estimate of drug-likeness (QED) is 0.879. The zero-order chi connectivity index (χ0) is 15.4. The zero-order valence-electron chi connectivity index (χ0n) is 10.9. The lowest BCUT2D eigenvalue weighted by Gasteiger charge is -2.08. The molecule has 1 aromatic heterocycles. The predicted molar refractivity (Wildman–Crippen MR) is 73.8 cm³/mol. The summed E-state index contributed by atoms with van der Waals surface area (Å²) in [5.74, 6) is -0.868. The van der Waals surface area contributed by atoms with Gasteiger partial charge in [0, 0.05) is 6.07 Å². The molecule has 0 saturated carbocycles. The van der Waals surface area contributed by atoms with Gasteiger partial charge in [0.2, 0.25) is 0 Å². The van der Waals surface area contributed by atoms with E-state index in [0.717, 1.165) is 0 Å². The molecule has 0 fully saturated rings. The maximum absolute atomic E-state index is 11.7. The Hall–Kier alpha value is -2.54. The van der Waals surface area contributed by atoms with Gasteiger partial charge < -0.3 is 19.7 Å². The third-order valence-corrected chi connectivity index (χ3v) is 2.77. The highest BCUT2D eigenvalue weighted by atomic mass is 35.5. The van der Waals surface area contributed by atoms with Crippen molar-refractivity contribution in [2.45, 2.75) is 6.92 Å². The molecular formula is C13H11ClN2O5. The molecule has 0 spiro atoms. The Kier molecular flexibility index (Phi) is 4.44. The number of amides is 1. The lowest BCUT2D eigenvalue weighted by molar-refractivity contribution is -0.118. The first-order valence-electron chi connectivity index (χ1n) is 5.84. The molecule has 0 bridgehead atoms. The number of rotatable bonds is 5. The van der Waals surface area contributed by atoms with Gasteiger partial charge in [-0.05, 0) is 30.3 Å². The molecule has 0 saturated heterocycles. The maximum atomic E-state index is 11.7. The Balaban J connectivity index is 1.99. The Morgan fingerprint density at radius 3 is 2.81 bits per heavy atom. The largest absolute Gasteiger partial charge is 0.478 e. The lowest BCUT2D eigenvalue weighted by Crippen LogP contribution is -2.20. The standard InChI is InChI=1S/C13H11ClN2O5/c1-7-4-12(16-21-7)20-6-11(17)15-10-5-8(13(18)19)2-3-9(10)14/h2-5H,6H2,1H3,(H,15,17)(H,18,19). The number of carbonyl (C=O) groups excluding carboxylic acids is 1. The van der Waals surface area contributed by atoms with Crippen LogP contribution in [0.1, 0.15) is 16.1 Å². The fourth-order valence-corrected chi connectivity index (χ4v) is 1.66. The SMILES string of the molecule is Cc1cc(OCC(=O)Nc2cc(C(=O)O)ccc2Cl)no1. The minimum atomic E-state index is -1.11. The smallest absolute Gasteiger partial charge is 0.335 e. The number of anilines is 1. The number of aromatic carboxylic acids is 1. The molecule has 0 aliphatic rings. The van der Waals surface area contributed by atoms with Crippen LogP contribution in [0.25, 0.3) is 0 Å². The van der Waals surface area contributed by atoms with E-state index in [0.29, 0.717) is 5.76 Å². The number of hydrogen-bond acceptors (Lipinski definition) is 5. The van der Waals surface area contributed by atoms with E-state index in [1.807, 2.05) is 0 Å². The summed E-state index contributed by atoms with van der Waals surface area (Å²) in [4.78, 5) is 22.6. The van der Waals surface area contributed by atoms with Gasteiger partial charge in [-0.25, -0.2) is 4.79 Å². The summed E-state index contributed by atoms with van der Waals surface area (Å²) in [6, 6.07) is 5.53. The molecule has 0 atom stereocenters. The molecule has 7 nitrogen and oxygen atoms in total. The number of halogens is 1. The van der Waals surface area contributed by atoms with Crippen LogP contribution in [-0.2, 0) is 4.79 Å². The number of carboxylic acids is 1. The van der Waals surface area contributed by atoms with Crippen LogP contribution in [0.2, 0.25) is 5.02 Å². The van der Waals surface area contributed by atoms with Crippen molar-refractivity contribution in [3.63, 3.8) is 0 Å². The van der Waals surface area contributed by atoms with Crippen LogP contribution >= 0.6 is 11.6 Å². The number of aryl methyl sites for hydroxylation is 1. The second-order valence-corrected chi connectivity index (χ2v) is 4.52. The first-order valence-corrected chi connectivity index (χ1v) is 6.22. The molecule has 110 valence electrons. The normalized spacial score (nSPS) is 10.2. The van der Waals surface area contributed by atoms with Crippen molar-refractivity contribution in [2.24, 2.45) is 0 Å². The molecule has 21 heavy (non-hydrogen) atoms. The van der Waals surface area contributed by atoms with Crippen molar-refractivity contribution in [2.75, 3.05) is 11.9 Å². The number of carbonyl (C=O) groups is 2. The van der Waals surface area contributed by atoms with Gasteiger partial charge in [-0.2, -0.15) is 0 Å². The number of nitrogens with zero attached hydrogens (tertiary/aromatic N) is 1. The summed E-state index contributed by atoms with van der Waals surface area (Å²) in [6.45, 7) is 1.39.